The molecular weight excluding hydrogens is 284 g/mol. The molecule has 0 aromatic heterocycles. The Balaban J connectivity index is 2.95. The van der Waals surface area contributed by atoms with Crippen LogP contribution in [0.3, 0.4) is 0 Å². The summed E-state index contributed by atoms with van der Waals surface area (Å²) in [4.78, 5) is 2.14. The number of ether oxygens (including phenoxy) is 2. The topological polar surface area (TPSA) is 47.7 Å². The van der Waals surface area contributed by atoms with Gasteiger partial charge in [-0.2, -0.15) is 0 Å². The van der Waals surface area contributed by atoms with Gasteiger partial charge in [-0.1, -0.05) is 0 Å². The minimum absolute atomic E-state index is 0.645. The van der Waals surface area contributed by atoms with Crippen LogP contribution in [0, 0.1) is 0 Å². The molecule has 0 saturated carbocycles. The van der Waals surface area contributed by atoms with Crippen molar-refractivity contribution in [3.63, 3.8) is 0 Å². The molecule has 0 aliphatic carbocycles. The second-order valence-electron chi connectivity index (χ2n) is 3.83. The Hall–Kier alpha value is -0.780. The Morgan fingerprint density at radius 1 is 1.24 bits per heavy atom. The Kier molecular flexibility index (Phi) is 5.74. The summed E-state index contributed by atoms with van der Waals surface area (Å²) in [6, 6.07) is 3.90. The molecule has 1 aromatic rings. The van der Waals surface area contributed by atoms with Crippen molar-refractivity contribution >= 4 is 15.9 Å². The van der Waals surface area contributed by atoms with Gasteiger partial charge >= 0.3 is 0 Å². The molecule has 0 radical (unpaired) electrons. The zero-order valence-electron chi connectivity index (χ0n) is 10.5. The highest BCUT2D eigenvalue weighted by Crippen LogP contribution is 2.33. The second-order valence-corrected chi connectivity index (χ2v) is 4.68. The second kappa shape index (κ2) is 6.83. The molecule has 0 heterocycles. The third-order valence-electron chi connectivity index (χ3n) is 2.51. The molecule has 4 nitrogen and oxygen atoms in total. The van der Waals surface area contributed by atoms with E-state index in [-0.39, 0.29) is 0 Å². The zero-order valence-corrected chi connectivity index (χ0v) is 12.1. The fraction of sp³-hybridized carbons (Fsp3) is 0.500. The lowest BCUT2D eigenvalue weighted by molar-refractivity contribution is 0.323. The average molecular weight is 303 g/mol. The summed E-state index contributed by atoms with van der Waals surface area (Å²) in [6.07, 6.45) is 0. The maximum Gasteiger partial charge on any atom is 0.133 e. The largest absolute Gasteiger partial charge is 0.496 e. The molecule has 0 aliphatic rings. The fourth-order valence-corrected chi connectivity index (χ4v) is 2.12. The van der Waals surface area contributed by atoms with E-state index in [4.69, 9.17) is 15.2 Å². The Labute approximate surface area is 111 Å². The van der Waals surface area contributed by atoms with Gasteiger partial charge in [-0.15, -0.1) is 0 Å². The smallest absolute Gasteiger partial charge is 0.133 e. The van der Waals surface area contributed by atoms with Crippen LogP contribution in [0.4, 0.5) is 0 Å². The SMILES string of the molecule is COc1cc(CN(C)CCN)c(OC)cc1Br. The number of rotatable bonds is 6. The highest BCUT2D eigenvalue weighted by molar-refractivity contribution is 9.10. The quantitative estimate of drug-likeness (QED) is 0.871. The van der Waals surface area contributed by atoms with Gasteiger partial charge in [0, 0.05) is 25.2 Å². The van der Waals surface area contributed by atoms with E-state index in [1.165, 1.54) is 0 Å². The van der Waals surface area contributed by atoms with Crippen LogP contribution in [0.25, 0.3) is 0 Å². The fourth-order valence-electron chi connectivity index (χ4n) is 1.64. The van der Waals surface area contributed by atoms with Gasteiger partial charge in [0.1, 0.15) is 11.5 Å². The maximum atomic E-state index is 5.53. The Morgan fingerprint density at radius 3 is 2.41 bits per heavy atom. The summed E-state index contributed by atoms with van der Waals surface area (Å²) in [5.74, 6) is 1.66. The molecule has 0 saturated heterocycles. The summed E-state index contributed by atoms with van der Waals surface area (Å²) >= 11 is 3.44. The third kappa shape index (κ3) is 3.87. The Bertz CT molecular complexity index is 372. The van der Waals surface area contributed by atoms with Gasteiger partial charge in [0.05, 0.1) is 18.7 Å². The molecule has 17 heavy (non-hydrogen) atoms. The standard InChI is InChI=1S/C12H19BrN2O2/c1-15(5-4-14)8-9-6-12(17-3)10(13)7-11(9)16-2/h6-7H,4-5,8,14H2,1-3H3. The zero-order chi connectivity index (χ0) is 12.8. The van der Waals surface area contributed by atoms with Crippen LogP contribution in [0.15, 0.2) is 16.6 Å². The van der Waals surface area contributed by atoms with Crippen molar-refractivity contribution in [2.75, 3.05) is 34.4 Å². The van der Waals surface area contributed by atoms with Crippen molar-refractivity contribution in [3.8, 4) is 11.5 Å². The maximum absolute atomic E-state index is 5.53. The first-order valence-electron chi connectivity index (χ1n) is 5.41. The summed E-state index contributed by atoms with van der Waals surface area (Å²) in [6.45, 7) is 2.28. The first-order valence-corrected chi connectivity index (χ1v) is 6.20. The van der Waals surface area contributed by atoms with Crippen LogP contribution < -0.4 is 15.2 Å². The molecule has 96 valence electrons. The van der Waals surface area contributed by atoms with E-state index in [9.17, 15) is 0 Å². The summed E-state index contributed by atoms with van der Waals surface area (Å²) in [5.41, 5.74) is 6.62. The lowest BCUT2D eigenvalue weighted by Gasteiger charge is -2.18. The summed E-state index contributed by atoms with van der Waals surface area (Å²) in [7, 11) is 5.35. The van der Waals surface area contributed by atoms with E-state index in [2.05, 4.69) is 20.8 Å². The highest BCUT2D eigenvalue weighted by atomic mass is 79.9. The predicted octanol–water partition coefficient (Wildman–Crippen LogP) is 1.86. The number of hydrogen-bond donors (Lipinski definition) is 1. The predicted molar refractivity (Wildman–Crippen MR) is 72.6 cm³/mol. The lowest BCUT2D eigenvalue weighted by atomic mass is 10.1. The minimum Gasteiger partial charge on any atom is -0.496 e. The van der Waals surface area contributed by atoms with E-state index >= 15 is 0 Å². The van der Waals surface area contributed by atoms with Crippen LogP contribution in [0.5, 0.6) is 11.5 Å². The number of methoxy groups -OCH3 is 2. The van der Waals surface area contributed by atoms with Crippen molar-refractivity contribution in [2.45, 2.75) is 6.54 Å². The molecule has 1 aromatic carbocycles. The van der Waals surface area contributed by atoms with Crippen LogP contribution in [0.2, 0.25) is 0 Å². The molecule has 0 amide bonds. The van der Waals surface area contributed by atoms with Gasteiger partial charge < -0.3 is 20.1 Å². The Morgan fingerprint density at radius 2 is 1.88 bits per heavy atom. The first kappa shape index (κ1) is 14.3. The number of hydrogen-bond acceptors (Lipinski definition) is 4. The van der Waals surface area contributed by atoms with Crippen molar-refractivity contribution in [2.24, 2.45) is 5.73 Å². The van der Waals surface area contributed by atoms with Crippen molar-refractivity contribution < 1.29 is 9.47 Å². The van der Waals surface area contributed by atoms with Crippen LogP contribution in [-0.2, 0) is 6.54 Å². The van der Waals surface area contributed by atoms with Crippen LogP contribution in [-0.4, -0.2) is 39.3 Å². The number of nitrogens with two attached hydrogens (primary N) is 1. The van der Waals surface area contributed by atoms with E-state index in [1.54, 1.807) is 14.2 Å². The van der Waals surface area contributed by atoms with E-state index in [1.807, 2.05) is 19.2 Å². The van der Waals surface area contributed by atoms with E-state index < -0.39 is 0 Å². The van der Waals surface area contributed by atoms with Gasteiger partial charge in [-0.25, -0.2) is 0 Å². The van der Waals surface area contributed by atoms with Gasteiger partial charge in [-0.05, 0) is 35.1 Å². The van der Waals surface area contributed by atoms with Crippen LogP contribution >= 0.6 is 15.9 Å². The van der Waals surface area contributed by atoms with E-state index in [0.29, 0.717) is 6.54 Å². The molecule has 5 heteroatoms. The first-order chi connectivity index (χ1) is 8.12. The van der Waals surface area contributed by atoms with Gasteiger partial charge in [0.15, 0.2) is 0 Å². The van der Waals surface area contributed by atoms with Crippen molar-refractivity contribution in [1.29, 1.82) is 0 Å². The van der Waals surface area contributed by atoms with Gasteiger partial charge in [-0.3, -0.25) is 0 Å². The van der Waals surface area contributed by atoms with Crippen LogP contribution in [0.1, 0.15) is 5.56 Å². The molecule has 0 fully saturated rings. The lowest BCUT2D eigenvalue weighted by Crippen LogP contribution is -2.25. The number of halogens is 1. The molecular formula is C12H19BrN2O2. The minimum atomic E-state index is 0.645. The molecule has 1 rings (SSSR count). The van der Waals surface area contributed by atoms with Crippen molar-refractivity contribution in [3.05, 3.63) is 22.2 Å². The monoisotopic (exact) mass is 302 g/mol. The number of likely N-dealkylation sites (N-methyl/N-ethyl adjacent to an activating group) is 1. The number of benzene rings is 1. The molecule has 2 N–H and O–H groups in total. The third-order valence-corrected chi connectivity index (χ3v) is 3.13. The summed E-state index contributed by atoms with van der Waals surface area (Å²) < 4.78 is 11.5. The summed E-state index contributed by atoms with van der Waals surface area (Å²) in [5, 5.41) is 0. The van der Waals surface area contributed by atoms with Crippen molar-refractivity contribution in [1.82, 2.24) is 4.90 Å². The van der Waals surface area contributed by atoms with E-state index in [0.717, 1.165) is 34.6 Å². The molecule has 0 aliphatic heterocycles. The normalized spacial score (nSPS) is 10.7. The van der Waals surface area contributed by atoms with Gasteiger partial charge in [0.2, 0.25) is 0 Å². The molecule has 0 spiro atoms. The number of nitrogens with zero attached hydrogens (tertiary/aromatic N) is 1. The molecule has 0 atom stereocenters. The molecule has 0 unspecified atom stereocenters. The van der Waals surface area contributed by atoms with Gasteiger partial charge in [0.25, 0.3) is 0 Å². The molecule has 0 bridgehead atoms. The average Bonchev–Trinajstić information content (AvgIpc) is 2.31. The highest BCUT2D eigenvalue weighted by Gasteiger charge is 2.11.